The molecule has 0 radical (unpaired) electrons. The molecule has 0 unspecified atom stereocenters. The standard InChI is InChI=1S/C17H26N4O2/c1-14(21-12-6-10-19-21)17(23)20(2)13-16(22)18-11-9-15-7-4-3-5-8-15/h6-7,10,12,14H,3-5,8-9,11,13H2,1-2H3,(H,18,22)/t14-/m0/s1. The number of amides is 2. The van der Waals surface area contributed by atoms with E-state index in [1.165, 1.54) is 23.3 Å². The van der Waals surface area contributed by atoms with E-state index in [1.807, 2.05) is 0 Å². The smallest absolute Gasteiger partial charge is 0.247 e. The Balaban J connectivity index is 1.71. The maximum Gasteiger partial charge on any atom is 0.247 e. The molecule has 1 N–H and O–H groups in total. The first kappa shape index (κ1) is 17.2. The maximum atomic E-state index is 12.3. The van der Waals surface area contributed by atoms with E-state index in [4.69, 9.17) is 0 Å². The molecule has 6 heteroatoms. The molecule has 1 aromatic heterocycles. The normalized spacial score (nSPS) is 15.7. The van der Waals surface area contributed by atoms with Crippen LogP contribution in [0.3, 0.4) is 0 Å². The van der Waals surface area contributed by atoms with Crippen LogP contribution in [-0.4, -0.2) is 46.6 Å². The summed E-state index contributed by atoms with van der Waals surface area (Å²) >= 11 is 0. The maximum absolute atomic E-state index is 12.3. The molecule has 1 atom stereocenters. The van der Waals surface area contributed by atoms with Gasteiger partial charge in [-0.3, -0.25) is 14.3 Å². The molecule has 0 fully saturated rings. The summed E-state index contributed by atoms with van der Waals surface area (Å²) in [6.45, 7) is 2.49. The monoisotopic (exact) mass is 318 g/mol. The van der Waals surface area contributed by atoms with Crippen molar-refractivity contribution in [3.05, 3.63) is 30.1 Å². The van der Waals surface area contributed by atoms with Crippen LogP contribution in [0.4, 0.5) is 0 Å². The molecule has 0 saturated carbocycles. The van der Waals surface area contributed by atoms with Crippen LogP contribution in [0.15, 0.2) is 30.1 Å². The van der Waals surface area contributed by atoms with E-state index in [0.717, 1.165) is 19.3 Å². The van der Waals surface area contributed by atoms with Gasteiger partial charge in [-0.1, -0.05) is 11.6 Å². The van der Waals surface area contributed by atoms with Crippen molar-refractivity contribution in [1.29, 1.82) is 0 Å². The molecule has 6 nitrogen and oxygen atoms in total. The summed E-state index contributed by atoms with van der Waals surface area (Å²) in [6, 6.07) is 1.37. The number of rotatable bonds is 7. The molecule has 0 bridgehead atoms. The van der Waals surface area contributed by atoms with Crippen LogP contribution >= 0.6 is 0 Å². The minimum Gasteiger partial charge on any atom is -0.354 e. The predicted octanol–water partition coefficient (Wildman–Crippen LogP) is 1.91. The van der Waals surface area contributed by atoms with Gasteiger partial charge in [0, 0.05) is 26.0 Å². The third kappa shape index (κ3) is 5.23. The second-order valence-electron chi connectivity index (χ2n) is 6.06. The molecule has 2 rings (SSSR count). The molecule has 0 spiro atoms. The van der Waals surface area contributed by atoms with Gasteiger partial charge < -0.3 is 10.2 Å². The third-order valence-corrected chi connectivity index (χ3v) is 4.19. The van der Waals surface area contributed by atoms with Gasteiger partial charge in [-0.05, 0) is 45.1 Å². The van der Waals surface area contributed by atoms with Crippen molar-refractivity contribution in [2.24, 2.45) is 0 Å². The fourth-order valence-corrected chi connectivity index (χ4v) is 2.79. The van der Waals surface area contributed by atoms with E-state index in [-0.39, 0.29) is 18.4 Å². The molecule has 0 aromatic carbocycles. The van der Waals surface area contributed by atoms with Gasteiger partial charge in [-0.15, -0.1) is 0 Å². The first-order valence-corrected chi connectivity index (χ1v) is 8.26. The van der Waals surface area contributed by atoms with Crippen molar-refractivity contribution in [3.8, 4) is 0 Å². The number of likely N-dealkylation sites (N-methyl/N-ethyl adjacent to an activating group) is 1. The van der Waals surface area contributed by atoms with Gasteiger partial charge in [-0.2, -0.15) is 5.10 Å². The molecule has 126 valence electrons. The van der Waals surface area contributed by atoms with Crippen LogP contribution in [0.1, 0.15) is 45.1 Å². The van der Waals surface area contributed by atoms with Gasteiger partial charge in [0.25, 0.3) is 0 Å². The molecule has 2 amide bonds. The van der Waals surface area contributed by atoms with Gasteiger partial charge in [0.15, 0.2) is 0 Å². The molecule has 23 heavy (non-hydrogen) atoms. The van der Waals surface area contributed by atoms with Crippen molar-refractivity contribution in [1.82, 2.24) is 20.0 Å². The zero-order valence-electron chi connectivity index (χ0n) is 14.0. The fourth-order valence-electron chi connectivity index (χ4n) is 2.79. The molecule has 0 aliphatic heterocycles. The van der Waals surface area contributed by atoms with Crippen molar-refractivity contribution in [3.63, 3.8) is 0 Å². The topological polar surface area (TPSA) is 67.2 Å². The van der Waals surface area contributed by atoms with Gasteiger partial charge in [0.2, 0.25) is 11.8 Å². The van der Waals surface area contributed by atoms with Crippen LogP contribution in [0, 0.1) is 0 Å². The molecular weight excluding hydrogens is 292 g/mol. The number of nitrogens with zero attached hydrogens (tertiary/aromatic N) is 3. The van der Waals surface area contributed by atoms with Crippen LogP contribution in [0.2, 0.25) is 0 Å². The van der Waals surface area contributed by atoms with Crippen molar-refractivity contribution < 1.29 is 9.59 Å². The lowest BCUT2D eigenvalue weighted by Gasteiger charge is -2.21. The van der Waals surface area contributed by atoms with Crippen LogP contribution in [0.5, 0.6) is 0 Å². The Kier molecular flexibility index (Phi) is 6.38. The van der Waals surface area contributed by atoms with Crippen LogP contribution in [0.25, 0.3) is 0 Å². The Labute approximate surface area is 137 Å². The lowest BCUT2D eigenvalue weighted by atomic mass is 9.97. The average Bonchev–Trinajstić information content (AvgIpc) is 3.08. The first-order chi connectivity index (χ1) is 11.1. The van der Waals surface area contributed by atoms with Gasteiger partial charge >= 0.3 is 0 Å². The van der Waals surface area contributed by atoms with Crippen molar-refractivity contribution >= 4 is 11.8 Å². The largest absolute Gasteiger partial charge is 0.354 e. The van der Waals surface area contributed by atoms with Crippen LogP contribution < -0.4 is 5.32 Å². The summed E-state index contributed by atoms with van der Waals surface area (Å²) in [6.07, 6.45) is 11.4. The quantitative estimate of drug-likeness (QED) is 0.781. The minimum atomic E-state index is -0.407. The number of aromatic nitrogens is 2. The molecule has 1 aromatic rings. The molecule has 1 aliphatic carbocycles. The van der Waals surface area contributed by atoms with E-state index in [2.05, 4.69) is 16.5 Å². The minimum absolute atomic E-state index is 0.0729. The van der Waals surface area contributed by atoms with Gasteiger partial charge in [0.05, 0.1) is 6.54 Å². The summed E-state index contributed by atoms with van der Waals surface area (Å²) in [5.41, 5.74) is 1.44. The molecule has 1 aliphatic rings. The SMILES string of the molecule is C[C@@H](C(=O)N(C)CC(=O)NCCC1=CCCCC1)n1cccn1. The Hall–Kier alpha value is -2.11. The molecule has 0 saturated heterocycles. The van der Waals surface area contributed by atoms with Gasteiger partial charge in [0.1, 0.15) is 6.04 Å². The molecular formula is C17H26N4O2. The Bertz CT molecular complexity index is 551. The summed E-state index contributed by atoms with van der Waals surface area (Å²) in [5.74, 6) is -0.247. The van der Waals surface area contributed by atoms with Crippen molar-refractivity contribution in [2.75, 3.05) is 20.1 Å². The second kappa shape index (κ2) is 8.50. The van der Waals surface area contributed by atoms with Gasteiger partial charge in [-0.25, -0.2) is 0 Å². The highest BCUT2D eigenvalue weighted by molar-refractivity contribution is 5.86. The lowest BCUT2D eigenvalue weighted by Crippen LogP contribution is -2.41. The van der Waals surface area contributed by atoms with E-state index >= 15 is 0 Å². The molecule has 1 heterocycles. The number of hydrogen-bond acceptors (Lipinski definition) is 3. The summed E-state index contributed by atoms with van der Waals surface area (Å²) in [4.78, 5) is 25.7. The Morgan fingerprint density at radius 2 is 2.26 bits per heavy atom. The highest BCUT2D eigenvalue weighted by atomic mass is 16.2. The van der Waals surface area contributed by atoms with E-state index < -0.39 is 6.04 Å². The lowest BCUT2D eigenvalue weighted by molar-refractivity contribution is -0.137. The number of carbonyl (C=O) groups excluding carboxylic acids is 2. The number of hydrogen-bond donors (Lipinski definition) is 1. The average molecular weight is 318 g/mol. The Morgan fingerprint density at radius 1 is 1.43 bits per heavy atom. The summed E-state index contributed by atoms with van der Waals surface area (Å²) in [7, 11) is 1.64. The number of nitrogens with one attached hydrogen (secondary N) is 1. The number of carbonyl (C=O) groups is 2. The number of allylic oxidation sites excluding steroid dienone is 1. The van der Waals surface area contributed by atoms with E-state index in [1.54, 1.807) is 37.1 Å². The Morgan fingerprint density at radius 3 is 2.91 bits per heavy atom. The second-order valence-corrected chi connectivity index (χ2v) is 6.06. The third-order valence-electron chi connectivity index (χ3n) is 4.19. The first-order valence-electron chi connectivity index (χ1n) is 8.26. The van der Waals surface area contributed by atoms with E-state index in [0.29, 0.717) is 6.54 Å². The summed E-state index contributed by atoms with van der Waals surface area (Å²) in [5, 5.41) is 6.96. The predicted molar refractivity (Wildman–Crippen MR) is 88.8 cm³/mol. The summed E-state index contributed by atoms with van der Waals surface area (Å²) < 4.78 is 1.59. The zero-order chi connectivity index (χ0) is 16.7. The van der Waals surface area contributed by atoms with Crippen molar-refractivity contribution in [2.45, 2.75) is 45.1 Å². The highest BCUT2D eigenvalue weighted by Gasteiger charge is 2.21. The fraction of sp³-hybridized carbons (Fsp3) is 0.588. The highest BCUT2D eigenvalue weighted by Crippen LogP contribution is 2.19. The van der Waals surface area contributed by atoms with E-state index in [9.17, 15) is 9.59 Å². The zero-order valence-corrected chi connectivity index (χ0v) is 14.0. The van der Waals surface area contributed by atoms with Crippen LogP contribution in [-0.2, 0) is 9.59 Å².